The molecule has 0 bridgehead atoms. The molecule has 0 radical (unpaired) electrons. The molecule has 0 atom stereocenters. The molecule has 2 aliphatic rings. The summed E-state index contributed by atoms with van der Waals surface area (Å²) in [6.45, 7) is 3.28. The van der Waals surface area contributed by atoms with Crippen LogP contribution in [0.15, 0.2) is 36.4 Å². The van der Waals surface area contributed by atoms with E-state index in [1.807, 2.05) is 29.2 Å². The summed E-state index contributed by atoms with van der Waals surface area (Å²) in [5.74, 6) is 1.10. The van der Waals surface area contributed by atoms with Crippen molar-refractivity contribution < 1.29 is 9.53 Å². The molecule has 3 heterocycles. The molecule has 2 aromatic rings. The summed E-state index contributed by atoms with van der Waals surface area (Å²) in [6, 6.07) is 12.1. The van der Waals surface area contributed by atoms with Crippen LogP contribution in [-0.2, 0) is 0 Å². The number of anilines is 2. The summed E-state index contributed by atoms with van der Waals surface area (Å²) in [4.78, 5) is 17.7. The SMILES string of the molecule is O=C(c1ccc(N2CCOc3ccccc32)s1)N1CCCCC1. The molecule has 1 fully saturated rings. The van der Waals surface area contributed by atoms with E-state index in [-0.39, 0.29) is 5.91 Å². The van der Waals surface area contributed by atoms with Crippen LogP contribution in [0.25, 0.3) is 0 Å². The number of benzene rings is 1. The Hall–Kier alpha value is -2.01. The number of hydrogen-bond acceptors (Lipinski definition) is 4. The van der Waals surface area contributed by atoms with Crippen molar-refractivity contribution in [3.05, 3.63) is 41.3 Å². The fourth-order valence-corrected chi connectivity index (χ4v) is 4.25. The van der Waals surface area contributed by atoms with Gasteiger partial charge in [0.15, 0.2) is 0 Å². The monoisotopic (exact) mass is 328 g/mol. The molecule has 120 valence electrons. The van der Waals surface area contributed by atoms with Gasteiger partial charge in [0.2, 0.25) is 0 Å². The zero-order valence-corrected chi connectivity index (χ0v) is 13.8. The van der Waals surface area contributed by atoms with Crippen LogP contribution in [0.5, 0.6) is 5.75 Å². The molecule has 1 amide bonds. The maximum absolute atomic E-state index is 12.6. The van der Waals surface area contributed by atoms with Gasteiger partial charge in [-0.05, 0) is 43.5 Å². The Morgan fingerprint density at radius 2 is 1.83 bits per heavy atom. The maximum Gasteiger partial charge on any atom is 0.263 e. The zero-order chi connectivity index (χ0) is 15.6. The Morgan fingerprint density at radius 1 is 1.00 bits per heavy atom. The molecule has 0 unspecified atom stereocenters. The summed E-state index contributed by atoms with van der Waals surface area (Å²) in [7, 11) is 0. The van der Waals surface area contributed by atoms with Gasteiger partial charge >= 0.3 is 0 Å². The minimum absolute atomic E-state index is 0.183. The van der Waals surface area contributed by atoms with Crippen LogP contribution in [-0.4, -0.2) is 37.0 Å². The lowest BCUT2D eigenvalue weighted by molar-refractivity contribution is 0.0729. The lowest BCUT2D eigenvalue weighted by Crippen LogP contribution is -2.35. The smallest absolute Gasteiger partial charge is 0.263 e. The van der Waals surface area contributed by atoms with Crippen LogP contribution < -0.4 is 9.64 Å². The Morgan fingerprint density at radius 3 is 2.70 bits per heavy atom. The zero-order valence-electron chi connectivity index (χ0n) is 13.0. The van der Waals surface area contributed by atoms with Gasteiger partial charge in [0.05, 0.1) is 22.1 Å². The van der Waals surface area contributed by atoms with E-state index in [0.29, 0.717) is 6.61 Å². The van der Waals surface area contributed by atoms with E-state index < -0.39 is 0 Å². The largest absolute Gasteiger partial charge is 0.490 e. The third-order valence-electron chi connectivity index (χ3n) is 4.44. The van der Waals surface area contributed by atoms with Crippen molar-refractivity contribution in [1.29, 1.82) is 0 Å². The number of likely N-dealkylation sites (tertiary alicyclic amines) is 1. The van der Waals surface area contributed by atoms with Crippen LogP contribution in [0, 0.1) is 0 Å². The van der Waals surface area contributed by atoms with Crippen molar-refractivity contribution in [2.75, 3.05) is 31.1 Å². The van der Waals surface area contributed by atoms with E-state index in [0.717, 1.165) is 53.8 Å². The molecule has 4 rings (SSSR count). The summed E-state index contributed by atoms with van der Waals surface area (Å²) >= 11 is 1.58. The van der Waals surface area contributed by atoms with Crippen molar-refractivity contribution in [3.8, 4) is 5.75 Å². The molecular weight excluding hydrogens is 308 g/mol. The number of ether oxygens (including phenoxy) is 1. The maximum atomic E-state index is 12.6. The Kier molecular flexibility index (Phi) is 3.95. The number of amides is 1. The number of carbonyl (C=O) groups excluding carboxylic acids is 1. The van der Waals surface area contributed by atoms with Gasteiger partial charge in [-0.15, -0.1) is 11.3 Å². The summed E-state index contributed by atoms with van der Waals surface area (Å²) in [6.07, 6.45) is 3.49. The van der Waals surface area contributed by atoms with Gasteiger partial charge in [0.25, 0.3) is 5.91 Å². The topological polar surface area (TPSA) is 32.8 Å². The fourth-order valence-electron chi connectivity index (χ4n) is 3.24. The summed E-state index contributed by atoms with van der Waals surface area (Å²) in [5.41, 5.74) is 1.08. The van der Waals surface area contributed by atoms with E-state index in [4.69, 9.17) is 4.74 Å². The van der Waals surface area contributed by atoms with E-state index in [9.17, 15) is 4.79 Å². The average molecular weight is 328 g/mol. The molecule has 4 nitrogen and oxygen atoms in total. The molecule has 1 saturated heterocycles. The van der Waals surface area contributed by atoms with Crippen molar-refractivity contribution in [1.82, 2.24) is 4.90 Å². The molecule has 0 saturated carbocycles. The summed E-state index contributed by atoms with van der Waals surface area (Å²) < 4.78 is 5.71. The molecule has 0 spiro atoms. The first-order chi connectivity index (χ1) is 11.3. The first-order valence-electron chi connectivity index (χ1n) is 8.21. The third-order valence-corrected chi connectivity index (χ3v) is 5.54. The molecular formula is C18H20N2O2S. The Bertz CT molecular complexity index is 707. The van der Waals surface area contributed by atoms with Crippen molar-refractivity contribution in [3.63, 3.8) is 0 Å². The van der Waals surface area contributed by atoms with Gasteiger partial charge in [0, 0.05) is 13.1 Å². The predicted molar refractivity (Wildman–Crippen MR) is 93.0 cm³/mol. The van der Waals surface area contributed by atoms with Gasteiger partial charge in [-0.25, -0.2) is 0 Å². The van der Waals surface area contributed by atoms with Crippen LogP contribution in [0.2, 0.25) is 0 Å². The standard InChI is InChI=1S/C18H20N2O2S/c21-18(19-10-4-1-5-11-19)16-8-9-17(23-16)20-12-13-22-15-7-3-2-6-14(15)20/h2-3,6-9H,1,4-5,10-13H2. The number of hydrogen-bond donors (Lipinski definition) is 0. The minimum Gasteiger partial charge on any atom is -0.490 e. The number of carbonyl (C=O) groups is 1. The highest BCUT2D eigenvalue weighted by Crippen LogP contribution is 2.39. The number of thiophene rings is 1. The second kappa shape index (κ2) is 6.24. The number of piperidine rings is 1. The van der Waals surface area contributed by atoms with Crippen molar-refractivity contribution in [2.45, 2.75) is 19.3 Å². The normalized spacial score (nSPS) is 17.6. The highest BCUT2D eigenvalue weighted by atomic mass is 32.1. The second-order valence-electron chi connectivity index (χ2n) is 5.96. The lowest BCUT2D eigenvalue weighted by Gasteiger charge is -2.30. The van der Waals surface area contributed by atoms with Crippen LogP contribution in [0.1, 0.15) is 28.9 Å². The summed E-state index contributed by atoms with van der Waals surface area (Å²) in [5, 5.41) is 1.11. The number of fused-ring (bicyclic) bond motifs is 1. The predicted octanol–water partition coefficient (Wildman–Crippen LogP) is 3.90. The Labute approximate surface area is 140 Å². The van der Waals surface area contributed by atoms with Gasteiger partial charge in [0.1, 0.15) is 12.4 Å². The van der Waals surface area contributed by atoms with E-state index in [1.165, 1.54) is 6.42 Å². The van der Waals surface area contributed by atoms with Crippen LogP contribution >= 0.6 is 11.3 Å². The number of para-hydroxylation sites is 2. The van der Waals surface area contributed by atoms with Gasteiger partial charge in [-0.3, -0.25) is 4.79 Å². The quantitative estimate of drug-likeness (QED) is 0.838. The molecule has 0 aliphatic carbocycles. The lowest BCUT2D eigenvalue weighted by atomic mass is 10.1. The molecule has 2 aliphatic heterocycles. The van der Waals surface area contributed by atoms with E-state index in [2.05, 4.69) is 17.0 Å². The molecule has 0 N–H and O–H groups in total. The van der Waals surface area contributed by atoms with Crippen molar-refractivity contribution in [2.24, 2.45) is 0 Å². The number of nitrogens with zero attached hydrogens (tertiary/aromatic N) is 2. The van der Waals surface area contributed by atoms with Crippen molar-refractivity contribution >= 4 is 27.9 Å². The van der Waals surface area contributed by atoms with Gasteiger partial charge < -0.3 is 14.5 Å². The van der Waals surface area contributed by atoms with Gasteiger partial charge in [-0.2, -0.15) is 0 Å². The average Bonchev–Trinajstić information content (AvgIpc) is 3.11. The molecule has 1 aromatic carbocycles. The molecule has 1 aromatic heterocycles. The van der Waals surface area contributed by atoms with Crippen LogP contribution in [0.4, 0.5) is 10.7 Å². The van der Waals surface area contributed by atoms with E-state index >= 15 is 0 Å². The highest BCUT2D eigenvalue weighted by Gasteiger charge is 2.23. The Balaban J connectivity index is 1.58. The second-order valence-corrected chi connectivity index (χ2v) is 7.02. The first kappa shape index (κ1) is 14.6. The molecule has 5 heteroatoms. The minimum atomic E-state index is 0.183. The third kappa shape index (κ3) is 2.81. The molecule has 23 heavy (non-hydrogen) atoms. The fraction of sp³-hybridized carbons (Fsp3) is 0.389. The van der Waals surface area contributed by atoms with Crippen LogP contribution in [0.3, 0.4) is 0 Å². The van der Waals surface area contributed by atoms with Gasteiger partial charge in [-0.1, -0.05) is 12.1 Å². The van der Waals surface area contributed by atoms with E-state index in [1.54, 1.807) is 11.3 Å². The number of rotatable bonds is 2. The first-order valence-corrected chi connectivity index (χ1v) is 9.03. The highest BCUT2D eigenvalue weighted by molar-refractivity contribution is 7.18.